The zero-order chi connectivity index (χ0) is 56.4. The molecule has 17 nitrogen and oxygen atoms in total. The first-order valence-corrected chi connectivity index (χ1v) is 26.0. The maximum absolute atomic E-state index is 12.6. The highest BCUT2D eigenvalue weighted by atomic mass is 35.5. The highest BCUT2D eigenvalue weighted by Gasteiger charge is 2.40. The van der Waals surface area contributed by atoms with Gasteiger partial charge in [-0.25, -0.2) is 19.9 Å². The number of nitrogens with zero attached hydrogens (tertiary/aromatic N) is 6. The lowest BCUT2D eigenvalue weighted by molar-refractivity contribution is -0.133. The van der Waals surface area contributed by atoms with E-state index in [2.05, 4.69) is 43.7 Å². The number of rotatable bonds is 16. The maximum atomic E-state index is 12.6. The number of ketones is 1. The number of methoxy groups -OCH3 is 4. The van der Waals surface area contributed by atoms with Gasteiger partial charge in [-0.05, 0) is 90.7 Å². The monoisotopic (exact) mass is 1150 g/mol. The molecule has 6 aromatic rings. The Labute approximate surface area is 472 Å². The Hall–Kier alpha value is -6.47. The van der Waals surface area contributed by atoms with Gasteiger partial charge in [0.2, 0.25) is 29.0 Å². The molecule has 0 spiro atoms. The molecule has 2 saturated carbocycles. The fraction of sp³-hybridized carbons (Fsp3) is 0.345. The standard InChI is InChI=1S/C28H30Cl2N4O4.C24H27Cl2N5O3.C3H3ClO/c1-6-19(35)11-16-10-17(27(36)34(2)3)12-21(16)33-28-31-14-18-9-15(7-8-20(18)32-28)24-25(29)22(37-4)13-23(38-5)26(24)30;1-31(2)23(32)13-8-15(27)17(9-13)30-24-28-11-14-7-12(5-6-16(14)29-24)20-21(25)18(33-3)10-19(34-4)22(20)26;1-2-3(4)5/h6-9,13-14,16-17,21H,1,10-12H2,2-5H3,(H,31,32,33);5-7,10-11,13,15,17H,8-9,27H2,1-4H3,(H,28,29,30);2H,1H2/t16?,17-,21?;13-,15?,17?;/m00./s1. The van der Waals surface area contributed by atoms with E-state index in [-0.39, 0.29) is 53.5 Å². The lowest BCUT2D eigenvalue weighted by atomic mass is 9.96. The molecule has 8 rings (SSSR count). The summed E-state index contributed by atoms with van der Waals surface area (Å²) in [6.07, 6.45) is 8.65. The average Bonchev–Trinajstić information content (AvgIpc) is 4.00. The van der Waals surface area contributed by atoms with Crippen LogP contribution in [0.15, 0.2) is 86.2 Å². The van der Waals surface area contributed by atoms with Crippen molar-refractivity contribution in [2.45, 2.75) is 50.2 Å². The van der Waals surface area contributed by atoms with E-state index in [0.717, 1.165) is 33.5 Å². The Morgan fingerprint density at radius 1 is 0.623 bits per heavy atom. The molecule has 2 fully saturated rings. The highest BCUT2D eigenvalue weighted by Crippen LogP contribution is 2.48. The molecule has 77 heavy (non-hydrogen) atoms. The normalized spacial score (nSPS) is 18.4. The lowest BCUT2D eigenvalue weighted by Gasteiger charge is -2.20. The van der Waals surface area contributed by atoms with Crippen LogP contribution in [-0.4, -0.2) is 127 Å². The first kappa shape index (κ1) is 59.8. The summed E-state index contributed by atoms with van der Waals surface area (Å²) < 4.78 is 21.5. The van der Waals surface area contributed by atoms with Gasteiger partial charge in [0.05, 0.1) is 59.6 Å². The van der Waals surface area contributed by atoms with Gasteiger partial charge in [-0.2, -0.15) is 0 Å². The molecule has 4 N–H and O–H groups in total. The van der Waals surface area contributed by atoms with Gasteiger partial charge in [-0.3, -0.25) is 19.2 Å². The highest BCUT2D eigenvalue weighted by molar-refractivity contribution is 6.66. The van der Waals surface area contributed by atoms with E-state index >= 15 is 0 Å². The number of hydrogen-bond donors (Lipinski definition) is 3. The minimum absolute atomic E-state index is 0.0246. The first-order valence-electron chi connectivity index (χ1n) is 24.1. The fourth-order valence-corrected chi connectivity index (χ4v) is 10.8. The topological polar surface area (TPSA) is 213 Å². The van der Waals surface area contributed by atoms with E-state index < -0.39 is 5.24 Å². The molecule has 0 bridgehead atoms. The number of carbonyl (C=O) groups is 4. The number of halogens is 5. The second-order valence-corrected chi connectivity index (χ2v) is 20.5. The van der Waals surface area contributed by atoms with Crippen LogP contribution in [-0.2, 0) is 19.2 Å². The molecular weight excluding hydrogens is 1090 g/mol. The molecule has 2 aromatic heterocycles. The summed E-state index contributed by atoms with van der Waals surface area (Å²) in [5.41, 5.74) is 10.5. The van der Waals surface area contributed by atoms with Crippen molar-refractivity contribution in [3.05, 3.63) is 106 Å². The number of ether oxygens (including phenoxy) is 4. The van der Waals surface area contributed by atoms with Crippen LogP contribution in [0.2, 0.25) is 20.1 Å². The smallest absolute Gasteiger partial charge is 0.244 e. The number of hydrogen-bond acceptors (Lipinski definition) is 15. The van der Waals surface area contributed by atoms with Crippen molar-refractivity contribution in [2.24, 2.45) is 23.5 Å². The molecule has 6 atom stereocenters. The summed E-state index contributed by atoms with van der Waals surface area (Å²) >= 11 is 31.0. The zero-order valence-electron chi connectivity index (χ0n) is 43.8. The fourth-order valence-electron chi connectivity index (χ4n) is 9.37. The predicted octanol–water partition coefficient (Wildman–Crippen LogP) is 10.8. The summed E-state index contributed by atoms with van der Waals surface area (Å²) in [5.74, 6) is 2.56. The first-order chi connectivity index (χ1) is 36.7. The molecule has 2 heterocycles. The largest absolute Gasteiger partial charge is 0.495 e. The van der Waals surface area contributed by atoms with Crippen LogP contribution in [0.5, 0.6) is 23.0 Å². The summed E-state index contributed by atoms with van der Waals surface area (Å²) in [7, 11) is 13.1. The Balaban J connectivity index is 0.000000230. The third kappa shape index (κ3) is 14.2. The van der Waals surface area contributed by atoms with Gasteiger partial charge in [0.1, 0.15) is 23.0 Å². The van der Waals surface area contributed by atoms with Gasteiger partial charge >= 0.3 is 0 Å². The predicted molar refractivity (Wildman–Crippen MR) is 306 cm³/mol. The van der Waals surface area contributed by atoms with E-state index in [4.69, 9.17) is 82.7 Å². The van der Waals surface area contributed by atoms with Crippen molar-refractivity contribution in [1.82, 2.24) is 29.7 Å². The molecule has 2 amide bonds. The number of benzene rings is 4. The molecule has 2 aliphatic carbocycles. The van der Waals surface area contributed by atoms with Gasteiger partial charge < -0.3 is 45.1 Å². The number of fused-ring (bicyclic) bond motifs is 2. The summed E-state index contributed by atoms with van der Waals surface area (Å²) in [6, 6.07) is 14.3. The van der Waals surface area contributed by atoms with Crippen molar-refractivity contribution >= 4 is 115 Å². The van der Waals surface area contributed by atoms with Crippen LogP contribution in [0.1, 0.15) is 32.1 Å². The number of aromatic nitrogens is 4. The van der Waals surface area contributed by atoms with Crippen LogP contribution in [0.4, 0.5) is 11.9 Å². The Morgan fingerprint density at radius 3 is 1.39 bits per heavy atom. The van der Waals surface area contributed by atoms with Gasteiger partial charge in [0.15, 0.2) is 5.78 Å². The Morgan fingerprint density at radius 2 is 1.01 bits per heavy atom. The number of allylic oxidation sites excluding steroid dienone is 2. The molecule has 4 unspecified atom stereocenters. The third-order valence-corrected chi connectivity index (χ3v) is 14.9. The lowest BCUT2D eigenvalue weighted by Crippen LogP contribution is -2.35. The van der Waals surface area contributed by atoms with Gasteiger partial charge in [-0.15, -0.1) is 0 Å². The van der Waals surface area contributed by atoms with Gasteiger partial charge in [0, 0.05) is 111 Å². The second-order valence-electron chi connectivity index (χ2n) is 18.6. The van der Waals surface area contributed by atoms with E-state index in [1.54, 1.807) is 62.5 Å². The summed E-state index contributed by atoms with van der Waals surface area (Å²) in [5, 5.41) is 9.31. The molecule has 0 aliphatic heterocycles. The quantitative estimate of drug-likeness (QED) is 0.0607. The number of carbonyl (C=O) groups excluding carboxylic acids is 4. The minimum Gasteiger partial charge on any atom is -0.495 e. The second kappa shape index (κ2) is 26.7. The molecule has 408 valence electrons. The number of nitrogens with two attached hydrogens (primary N) is 1. The van der Waals surface area contributed by atoms with E-state index in [9.17, 15) is 19.2 Å². The third-order valence-electron chi connectivity index (χ3n) is 13.3. The van der Waals surface area contributed by atoms with Crippen LogP contribution in [0.25, 0.3) is 44.1 Å². The van der Waals surface area contributed by atoms with Crippen molar-refractivity contribution < 1.29 is 38.1 Å². The molecular formula is C55H60Cl5N9O8. The summed E-state index contributed by atoms with van der Waals surface area (Å²) in [6.45, 7) is 6.67. The molecule has 2 aliphatic rings. The van der Waals surface area contributed by atoms with Crippen molar-refractivity contribution in [3.63, 3.8) is 0 Å². The minimum atomic E-state index is -0.509. The van der Waals surface area contributed by atoms with Crippen LogP contribution >= 0.6 is 58.0 Å². The number of nitrogens with one attached hydrogen (secondary N) is 2. The Bertz CT molecular complexity index is 3140. The molecule has 4 aromatic carbocycles. The van der Waals surface area contributed by atoms with E-state index in [0.29, 0.717) is 104 Å². The summed E-state index contributed by atoms with van der Waals surface area (Å²) in [4.78, 5) is 68.0. The van der Waals surface area contributed by atoms with Crippen LogP contribution in [0.3, 0.4) is 0 Å². The zero-order valence-corrected chi connectivity index (χ0v) is 47.5. The van der Waals surface area contributed by atoms with Crippen molar-refractivity contribution in [3.8, 4) is 45.3 Å². The number of amides is 2. The molecule has 22 heteroatoms. The average molecular weight is 1150 g/mol. The SMILES string of the molecule is C=CC(=O)CC1C[C@H](C(=O)N(C)C)CC1Nc1ncc2cc(-c3c(Cl)c(OC)cc(OC)c3Cl)ccc2n1.C=CC(=O)Cl.COc1cc(OC)c(Cl)c(-c2ccc3nc(NC4C[C@@H](C(=O)N(C)C)CC4N)ncc3c2)c1Cl. The van der Waals surface area contributed by atoms with E-state index in [1.807, 2.05) is 36.4 Å². The van der Waals surface area contributed by atoms with Crippen molar-refractivity contribution in [2.75, 3.05) is 67.3 Å². The van der Waals surface area contributed by atoms with Crippen LogP contribution in [0, 0.1) is 17.8 Å². The van der Waals surface area contributed by atoms with E-state index in [1.165, 1.54) is 34.5 Å². The van der Waals surface area contributed by atoms with Crippen LogP contribution < -0.4 is 35.3 Å². The molecule has 0 radical (unpaired) electrons. The van der Waals surface area contributed by atoms with Crippen molar-refractivity contribution in [1.29, 1.82) is 0 Å². The molecule has 0 saturated heterocycles. The van der Waals surface area contributed by atoms with Gasteiger partial charge in [0.25, 0.3) is 0 Å². The Kier molecular flexibility index (Phi) is 20.7. The maximum Gasteiger partial charge on any atom is 0.244 e. The number of anilines is 2. The van der Waals surface area contributed by atoms with Gasteiger partial charge in [-0.1, -0.05) is 71.7 Å².